The molecule has 1 saturated heterocycles. The number of esters is 1. The summed E-state index contributed by atoms with van der Waals surface area (Å²) in [7, 11) is 1.33. The second-order valence-electron chi connectivity index (χ2n) is 19.7. The fourth-order valence-corrected chi connectivity index (χ4v) is 11.2. The number of fused-ring (bicyclic) bond motifs is 5. The lowest BCUT2D eigenvalue weighted by Crippen LogP contribution is -2.53. The highest BCUT2D eigenvalue weighted by Crippen LogP contribution is 2.66. The number of aliphatic hydroxyl groups excluding tert-OH is 2. The third-order valence-corrected chi connectivity index (χ3v) is 15.7. The van der Waals surface area contributed by atoms with Gasteiger partial charge in [-0.05, 0) is 56.4 Å². The Morgan fingerprint density at radius 2 is 1.59 bits per heavy atom. The molecule has 2 aromatic rings. The van der Waals surface area contributed by atoms with Gasteiger partial charge in [-0.1, -0.05) is 71.4 Å². The highest BCUT2D eigenvalue weighted by Gasteiger charge is 2.63. The van der Waals surface area contributed by atoms with Gasteiger partial charge in [0, 0.05) is 60.3 Å². The van der Waals surface area contributed by atoms with Crippen molar-refractivity contribution in [3.63, 3.8) is 0 Å². The molecule has 1 aliphatic heterocycles. The number of carbonyl (C=O) groups is 4. The van der Waals surface area contributed by atoms with Gasteiger partial charge >= 0.3 is 5.97 Å². The third-order valence-electron chi connectivity index (χ3n) is 15.7. The molecule has 2 bridgehead atoms. The molecule has 2 saturated carbocycles. The Balaban J connectivity index is 0.00000720. The summed E-state index contributed by atoms with van der Waals surface area (Å²) in [5.74, 6) is -2.67. The van der Waals surface area contributed by atoms with Crippen molar-refractivity contribution in [2.45, 2.75) is 173 Å². The number of nitrogens with zero attached hydrogens (tertiary/aromatic N) is 1. The van der Waals surface area contributed by atoms with Gasteiger partial charge in [-0.15, -0.1) is 12.4 Å². The van der Waals surface area contributed by atoms with Crippen molar-refractivity contribution >= 4 is 41.6 Å². The standard InChI is InChI=1S/C49H67N3O13.ClH/c1-26-42(56)30(50)22-37(63-26)64-32-24-49(61,23-29-39(32)46(60)41-40(44(29)58)43(57)28-15-14-16-31(62-5)38(28)45(41)59)33(25-53)51-52-35(54)17-12-10-8-6-7-9-11-13-18-36(55)65-34-21-27-19-20-48(34,4)47(27,2)3;/h14-16,26-27,30,32,34,37,42,53,56,58,60-61H,6-13,17-25,50H2,1-5H3,(H,52,54);1H/b51-33+;/t26-,27+,30-,32-,34-,37-,42+,48-,49-;/m0./s1. The molecule has 0 aromatic heterocycles. The summed E-state index contributed by atoms with van der Waals surface area (Å²) in [4.78, 5) is 53.6. The summed E-state index contributed by atoms with van der Waals surface area (Å²) in [5, 5.41) is 61.1. The van der Waals surface area contributed by atoms with Gasteiger partial charge in [-0.3, -0.25) is 19.2 Å². The Hall–Kier alpha value is -4.16. The van der Waals surface area contributed by atoms with Crippen LogP contribution in [0.4, 0.5) is 0 Å². The van der Waals surface area contributed by atoms with Crippen LogP contribution in [-0.2, 0) is 30.2 Å². The molecule has 0 spiro atoms. The first-order valence-corrected chi connectivity index (χ1v) is 23.4. The second kappa shape index (κ2) is 20.6. The summed E-state index contributed by atoms with van der Waals surface area (Å²) in [6.45, 7) is 7.69. The molecule has 17 heteroatoms. The van der Waals surface area contributed by atoms with Crippen molar-refractivity contribution in [1.29, 1.82) is 0 Å². The van der Waals surface area contributed by atoms with Crippen molar-refractivity contribution in [3.8, 4) is 17.2 Å². The number of aromatic hydroxyl groups is 2. The maximum Gasteiger partial charge on any atom is 0.306 e. The Kier molecular flexibility index (Phi) is 16.0. The van der Waals surface area contributed by atoms with Gasteiger partial charge < -0.3 is 50.2 Å². The maximum atomic E-state index is 14.0. The first kappa shape index (κ1) is 51.2. The molecule has 3 fully saturated rings. The summed E-state index contributed by atoms with van der Waals surface area (Å²) in [5.41, 5.74) is 5.19. The number of nitrogens with two attached hydrogens (primary N) is 1. The molecule has 4 aliphatic carbocycles. The topological polar surface area (TPSA) is 257 Å². The van der Waals surface area contributed by atoms with Crippen molar-refractivity contribution in [2.75, 3.05) is 13.7 Å². The average Bonchev–Trinajstić information content (AvgIpc) is 3.60. The summed E-state index contributed by atoms with van der Waals surface area (Å²) >= 11 is 0. The first-order valence-electron chi connectivity index (χ1n) is 23.4. The molecule has 5 aliphatic rings. The van der Waals surface area contributed by atoms with Crippen molar-refractivity contribution in [3.05, 3.63) is 51.6 Å². The smallest absolute Gasteiger partial charge is 0.306 e. The van der Waals surface area contributed by atoms with Crippen LogP contribution in [0, 0.1) is 16.7 Å². The minimum Gasteiger partial charge on any atom is -0.507 e. The van der Waals surface area contributed by atoms with Crippen molar-refractivity contribution < 1.29 is 63.7 Å². The van der Waals surface area contributed by atoms with Crippen molar-refractivity contribution in [1.82, 2.24) is 5.43 Å². The van der Waals surface area contributed by atoms with E-state index in [0.717, 1.165) is 57.8 Å². The molecular weight excluding hydrogens is 874 g/mol. The molecule has 7 rings (SSSR count). The highest BCUT2D eigenvalue weighted by atomic mass is 35.5. The number of methoxy groups -OCH3 is 1. The minimum atomic E-state index is -2.12. The Bertz CT molecular complexity index is 2190. The van der Waals surface area contributed by atoms with E-state index >= 15 is 0 Å². The first-order chi connectivity index (χ1) is 30.9. The van der Waals surface area contributed by atoms with Crippen LogP contribution in [-0.4, -0.2) is 105 Å². The van der Waals surface area contributed by atoms with Crippen LogP contribution in [0.15, 0.2) is 23.3 Å². The third kappa shape index (κ3) is 9.61. The van der Waals surface area contributed by atoms with Crippen LogP contribution in [0.2, 0.25) is 0 Å². The number of aliphatic hydroxyl groups is 3. The van der Waals surface area contributed by atoms with E-state index in [2.05, 4.69) is 31.3 Å². The van der Waals surface area contributed by atoms with E-state index in [4.69, 9.17) is 24.7 Å². The molecule has 8 N–H and O–H groups in total. The Morgan fingerprint density at radius 1 is 0.939 bits per heavy atom. The Morgan fingerprint density at radius 3 is 2.20 bits per heavy atom. The molecule has 1 heterocycles. The van der Waals surface area contributed by atoms with E-state index in [1.54, 1.807) is 6.92 Å². The predicted octanol–water partition coefficient (Wildman–Crippen LogP) is 5.99. The van der Waals surface area contributed by atoms with Crippen LogP contribution >= 0.6 is 12.4 Å². The number of amides is 1. The Labute approximate surface area is 392 Å². The zero-order valence-corrected chi connectivity index (χ0v) is 39.5. The molecule has 2 aromatic carbocycles. The number of phenolic OH excluding ortho intramolecular Hbond substituents is 2. The lowest BCUT2D eigenvalue weighted by molar-refractivity contribution is -0.245. The molecule has 9 atom stereocenters. The molecule has 66 heavy (non-hydrogen) atoms. The van der Waals surface area contributed by atoms with Gasteiger partial charge in [-0.2, -0.15) is 5.10 Å². The monoisotopic (exact) mass is 941 g/mol. The average molecular weight is 943 g/mol. The summed E-state index contributed by atoms with van der Waals surface area (Å²) in [6.07, 6.45) is 5.98. The van der Waals surface area contributed by atoms with E-state index in [1.807, 2.05) is 0 Å². The van der Waals surface area contributed by atoms with E-state index in [0.29, 0.717) is 18.8 Å². The second-order valence-corrected chi connectivity index (χ2v) is 19.7. The van der Waals surface area contributed by atoms with Crippen molar-refractivity contribution in [2.24, 2.45) is 27.6 Å². The van der Waals surface area contributed by atoms with Gasteiger partial charge in [0.25, 0.3) is 0 Å². The zero-order chi connectivity index (χ0) is 47.0. The number of carbonyl (C=O) groups excluding carboxylic acids is 4. The van der Waals surface area contributed by atoms with Crippen LogP contribution in [0.3, 0.4) is 0 Å². The quantitative estimate of drug-likeness (QED) is 0.0255. The number of halogens is 1. The molecule has 1 amide bonds. The molecule has 0 unspecified atom stereocenters. The van der Waals surface area contributed by atoms with Crippen LogP contribution in [0.1, 0.15) is 173 Å². The normalized spacial score (nSPS) is 29.7. The van der Waals surface area contributed by atoms with Gasteiger partial charge in [-0.25, -0.2) is 5.43 Å². The van der Waals surface area contributed by atoms with Gasteiger partial charge in [0.15, 0.2) is 12.1 Å². The van der Waals surface area contributed by atoms with E-state index < -0.39 is 95.8 Å². The van der Waals surface area contributed by atoms with Crippen LogP contribution in [0.25, 0.3) is 0 Å². The maximum absolute atomic E-state index is 14.0. The number of ketones is 2. The van der Waals surface area contributed by atoms with E-state index in [9.17, 15) is 44.7 Å². The lowest BCUT2D eigenvalue weighted by atomic mass is 9.70. The number of hydrogen-bond donors (Lipinski definition) is 7. The predicted molar refractivity (Wildman–Crippen MR) is 245 cm³/mol. The number of hydrazone groups is 1. The zero-order valence-electron chi connectivity index (χ0n) is 38.7. The number of benzene rings is 2. The van der Waals surface area contributed by atoms with Crippen LogP contribution in [0.5, 0.6) is 17.2 Å². The number of nitrogens with one attached hydrogen (secondary N) is 1. The number of unbranched alkanes of at least 4 members (excludes halogenated alkanes) is 7. The molecule has 16 nitrogen and oxygen atoms in total. The van der Waals surface area contributed by atoms with E-state index in [1.165, 1.54) is 31.7 Å². The SMILES string of the molecule is COc1cccc2c1C(=O)c1c(O)c3c(c(O)c1C2=O)C[C@@](O)(/C(CO)=N/NC(=O)CCCCCCCCCCC(=O)O[C@H]1C[C@H]2CC[C@]1(C)C2(C)C)C[C@@H]3O[C@H]1C[C@H](N)[C@H](O)[C@H](C)O1.Cl. The van der Waals surface area contributed by atoms with Crippen LogP contribution < -0.4 is 15.9 Å². The fourth-order valence-electron chi connectivity index (χ4n) is 11.2. The highest BCUT2D eigenvalue weighted by molar-refractivity contribution is 6.31. The number of hydrogen-bond acceptors (Lipinski definition) is 15. The largest absolute Gasteiger partial charge is 0.507 e. The van der Waals surface area contributed by atoms with Gasteiger partial charge in [0.1, 0.15) is 29.0 Å². The number of ether oxygens (including phenoxy) is 4. The summed E-state index contributed by atoms with van der Waals surface area (Å²) in [6, 6.07) is 3.66. The molecular formula is C49H68ClN3O13. The van der Waals surface area contributed by atoms with Gasteiger partial charge in [0.2, 0.25) is 11.7 Å². The molecule has 0 radical (unpaired) electrons. The van der Waals surface area contributed by atoms with Gasteiger partial charge in [0.05, 0.1) is 54.4 Å². The fraction of sp³-hybridized carbons (Fsp3) is 0.653. The summed E-state index contributed by atoms with van der Waals surface area (Å²) < 4.78 is 23.5. The number of phenols is 2. The number of rotatable bonds is 18. The lowest BCUT2D eigenvalue weighted by Gasteiger charge is -2.43. The minimum absolute atomic E-state index is 0. The van der Waals surface area contributed by atoms with E-state index in [-0.39, 0.29) is 81.9 Å². The molecule has 364 valence electrons.